The maximum atomic E-state index is 13.1. The van der Waals surface area contributed by atoms with Crippen LogP contribution in [-0.4, -0.2) is 29.6 Å². The Hall–Kier alpha value is -1.55. The standard InChI is InChI=1S/C19H19Cl2NO2/c1-22(11-13-5-3-2-4-6-13)18(24)19(10-15(19)12-23)14-7-8-16(20)17(21)9-14/h2-9,15,23H,10-12H2,1H3/t15-,19+/m0/s1. The Bertz CT molecular complexity index is 750. The van der Waals surface area contributed by atoms with E-state index in [0.717, 1.165) is 11.1 Å². The minimum atomic E-state index is -0.702. The smallest absolute Gasteiger partial charge is 0.233 e. The van der Waals surface area contributed by atoms with Gasteiger partial charge in [0.15, 0.2) is 0 Å². The van der Waals surface area contributed by atoms with E-state index in [9.17, 15) is 9.90 Å². The fraction of sp³-hybridized carbons (Fsp3) is 0.316. The molecule has 1 aliphatic carbocycles. The van der Waals surface area contributed by atoms with Gasteiger partial charge in [-0.05, 0) is 29.7 Å². The number of carbonyl (C=O) groups is 1. The highest BCUT2D eigenvalue weighted by molar-refractivity contribution is 6.42. The summed E-state index contributed by atoms with van der Waals surface area (Å²) in [6.07, 6.45) is 0.624. The molecule has 0 saturated heterocycles. The van der Waals surface area contributed by atoms with Gasteiger partial charge in [-0.3, -0.25) is 4.79 Å². The Morgan fingerprint density at radius 1 is 1.21 bits per heavy atom. The topological polar surface area (TPSA) is 40.5 Å². The minimum Gasteiger partial charge on any atom is -0.396 e. The Balaban J connectivity index is 1.87. The largest absolute Gasteiger partial charge is 0.396 e. The van der Waals surface area contributed by atoms with E-state index in [1.807, 2.05) is 36.4 Å². The van der Waals surface area contributed by atoms with Gasteiger partial charge in [-0.15, -0.1) is 0 Å². The number of hydrogen-bond donors (Lipinski definition) is 1. The SMILES string of the molecule is CN(Cc1ccccc1)C(=O)[C@@]1(c2ccc(Cl)c(Cl)c2)C[C@H]1CO. The summed E-state index contributed by atoms with van der Waals surface area (Å²) in [6, 6.07) is 15.1. The molecule has 24 heavy (non-hydrogen) atoms. The molecule has 0 heterocycles. The molecule has 0 aromatic heterocycles. The van der Waals surface area contributed by atoms with E-state index in [2.05, 4.69) is 0 Å². The zero-order valence-corrected chi connectivity index (χ0v) is 14.9. The molecular weight excluding hydrogens is 345 g/mol. The highest BCUT2D eigenvalue weighted by atomic mass is 35.5. The van der Waals surface area contributed by atoms with Crippen molar-refractivity contribution in [3.63, 3.8) is 0 Å². The molecule has 0 radical (unpaired) electrons. The monoisotopic (exact) mass is 363 g/mol. The second-order valence-corrected chi connectivity index (χ2v) is 7.15. The number of aliphatic hydroxyl groups is 1. The van der Waals surface area contributed by atoms with E-state index in [1.165, 1.54) is 0 Å². The summed E-state index contributed by atoms with van der Waals surface area (Å²) < 4.78 is 0. The summed E-state index contributed by atoms with van der Waals surface area (Å²) in [5.41, 5.74) is 1.19. The first-order chi connectivity index (χ1) is 11.5. The molecule has 1 fully saturated rings. The van der Waals surface area contributed by atoms with Crippen molar-refractivity contribution in [3.8, 4) is 0 Å². The van der Waals surface area contributed by atoms with Crippen LogP contribution in [0.3, 0.4) is 0 Å². The van der Waals surface area contributed by atoms with Crippen LogP contribution in [0.15, 0.2) is 48.5 Å². The number of rotatable bonds is 5. The molecule has 5 heteroatoms. The molecule has 1 amide bonds. The first-order valence-corrected chi connectivity index (χ1v) is 8.60. The van der Waals surface area contributed by atoms with Crippen LogP contribution >= 0.6 is 23.2 Å². The van der Waals surface area contributed by atoms with Crippen molar-refractivity contribution in [2.45, 2.75) is 18.4 Å². The van der Waals surface area contributed by atoms with Crippen LogP contribution in [0.1, 0.15) is 17.5 Å². The van der Waals surface area contributed by atoms with Crippen LogP contribution in [-0.2, 0) is 16.8 Å². The Labute approximate surface area is 151 Å². The number of benzene rings is 2. The van der Waals surface area contributed by atoms with Gasteiger partial charge in [0.05, 0.1) is 15.5 Å². The molecule has 0 spiro atoms. The van der Waals surface area contributed by atoms with Crippen LogP contribution in [0.2, 0.25) is 10.0 Å². The first kappa shape index (κ1) is 17.3. The van der Waals surface area contributed by atoms with Crippen molar-refractivity contribution >= 4 is 29.1 Å². The molecule has 1 N–H and O–H groups in total. The van der Waals surface area contributed by atoms with Gasteiger partial charge in [0.25, 0.3) is 0 Å². The summed E-state index contributed by atoms with van der Waals surface area (Å²) in [7, 11) is 1.79. The van der Waals surface area contributed by atoms with Crippen LogP contribution in [0, 0.1) is 5.92 Å². The summed E-state index contributed by atoms with van der Waals surface area (Å²) in [4.78, 5) is 14.9. The molecule has 0 aliphatic heterocycles. The number of carbonyl (C=O) groups excluding carboxylic acids is 1. The molecule has 1 aliphatic rings. The van der Waals surface area contributed by atoms with Crippen molar-refractivity contribution < 1.29 is 9.90 Å². The first-order valence-electron chi connectivity index (χ1n) is 7.85. The zero-order chi connectivity index (χ0) is 17.3. The van der Waals surface area contributed by atoms with Gasteiger partial charge in [-0.25, -0.2) is 0 Å². The number of nitrogens with zero attached hydrogens (tertiary/aromatic N) is 1. The maximum absolute atomic E-state index is 13.1. The van der Waals surface area contributed by atoms with E-state index in [4.69, 9.17) is 23.2 Å². The number of hydrogen-bond acceptors (Lipinski definition) is 2. The molecule has 3 nitrogen and oxygen atoms in total. The van der Waals surface area contributed by atoms with E-state index in [1.54, 1.807) is 24.1 Å². The number of likely N-dealkylation sites (N-methyl/N-ethyl adjacent to an activating group) is 1. The third-order valence-electron chi connectivity index (χ3n) is 4.75. The van der Waals surface area contributed by atoms with Crippen molar-refractivity contribution in [3.05, 3.63) is 69.7 Å². The summed E-state index contributed by atoms with van der Waals surface area (Å²) >= 11 is 12.1. The average Bonchev–Trinajstić information content (AvgIpc) is 3.33. The van der Waals surface area contributed by atoms with Crippen LogP contribution < -0.4 is 0 Å². The van der Waals surface area contributed by atoms with Crippen LogP contribution in [0.4, 0.5) is 0 Å². The summed E-state index contributed by atoms with van der Waals surface area (Å²) in [5.74, 6) is -0.0794. The molecule has 0 bridgehead atoms. The van der Waals surface area contributed by atoms with Crippen molar-refractivity contribution in [2.75, 3.05) is 13.7 Å². The predicted molar refractivity (Wildman–Crippen MR) is 96.2 cm³/mol. The van der Waals surface area contributed by atoms with E-state index in [-0.39, 0.29) is 18.4 Å². The van der Waals surface area contributed by atoms with Crippen molar-refractivity contribution in [2.24, 2.45) is 5.92 Å². The molecule has 126 valence electrons. The predicted octanol–water partition coefficient (Wildman–Crippen LogP) is 3.90. The van der Waals surface area contributed by atoms with Gasteiger partial charge in [0, 0.05) is 26.1 Å². The molecule has 1 saturated carbocycles. The molecule has 0 unspecified atom stereocenters. The normalized spacial score (nSPS) is 22.2. The van der Waals surface area contributed by atoms with Gasteiger partial charge < -0.3 is 10.0 Å². The second kappa shape index (κ2) is 6.75. The minimum absolute atomic E-state index is 0.00351. The van der Waals surface area contributed by atoms with E-state index >= 15 is 0 Å². The Morgan fingerprint density at radius 2 is 1.92 bits per heavy atom. The molecule has 2 atom stereocenters. The second-order valence-electron chi connectivity index (χ2n) is 6.33. The van der Waals surface area contributed by atoms with Crippen molar-refractivity contribution in [1.29, 1.82) is 0 Å². The number of halogens is 2. The lowest BCUT2D eigenvalue weighted by Crippen LogP contribution is -2.38. The number of aliphatic hydroxyl groups excluding tert-OH is 1. The lowest BCUT2D eigenvalue weighted by molar-refractivity contribution is -0.133. The molecule has 2 aromatic carbocycles. The summed E-state index contributed by atoms with van der Waals surface area (Å²) in [6.45, 7) is 0.506. The lowest BCUT2D eigenvalue weighted by Gasteiger charge is -2.25. The van der Waals surface area contributed by atoms with E-state index < -0.39 is 5.41 Å². The van der Waals surface area contributed by atoms with Crippen LogP contribution in [0.25, 0.3) is 0 Å². The van der Waals surface area contributed by atoms with Gasteiger partial charge in [0.2, 0.25) is 5.91 Å². The number of amides is 1. The van der Waals surface area contributed by atoms with Crippen molar-refractivity contribution in [1.82, 2.24) is 4.90 Å². The van der Waals surface area contributed by atoms with Gasteiger partial charge >= 0.3 is 0 Å². The maximum Gasteiger partial charge on any atom is 0.233 e. The Kier molecular flexibility index (Phi) is 4.86. The third-order valence-corrected chi connectivity index (χ3v) is 5.49. The zero-order valence-electron chi connectivity index (χ0n) is 13.4. The highest BCUT2D eigenvalue weighted by Gasteiger charge is 2.61. The lowest BCUT2D eigenvalue weighted by atomic mass is 9.91. The molecule has 3 rings (SSSR count). The summed E-state index contributed by atoms with van der Waals surface area (Å²) in [5, 5.41) is 10.5. The fourth-order valence-corrected chi connectivity index (χ4v) is 3.63. The van der Waals surface area contributed by atoms with E-state index in [0.29, 0.717) is 23.0 Å². The van der Waals surface area contributed by atoms with Gasteiger partial charge in [-0.1, -0.05) is 59.6 Å². The molecular formula is C19H19Cl2NO2. The third kappa shape index (κ3) is 3.04. The fourth-order valence-electron chi connectivity index (χ4n) is 3.33. The average molecular weight is 364 g/mol. The van der Waals surface area contributed by atoms with Crippen LogP contribution in [0.5, 0.6) is 0 Å². The quantitative estimate of drug-likeness (QED) is 0.874. The molecule has 2 aromatic rings. The van der Waals surface area contributed by atoms with Gasteiger partial charge in [0.1, 0.15) is 0 Å². The highest BCUT2D eigenvalue weighted by Crippen LogP contribution is 2.55. The van der Waals surface area contributed by atoms with Gasteiger partial charge in [-0.2, -0.15) is 0 Å². The Morgan fingerprint density at radius 3 is 2.50 bits per heavy atom.